The Bertz CT molecular complexity index is 423. The van der Waals surface area contributed by atoms with Crippen molar-refractivity contribution in [3.63, 3.8) is 0 Å². The van der Waals surface area contributed by atoms with Gasteiger partial charge in [0.05, 0.1) is 0 Å². The molecule has 2 N–H and O–H groups in total. The average Bonchev–Trinajstić information content (AvgIpc) is 2.48. The predicted molar refractivity (Wildman–Crippen MR) is 85.0 cm³/mol. The summed E-state index contributed by atoms with van der Waals surface area (Å²) in [6.45, 7) is 6.52. The maximum Gasteiger partial charge on any atom is 0.120 e. The molecule has 1 aromatic carbocycles. The number of phenols is 1. The summed E-state index contributed by atoms with van der Waals surface area (Å²) in [4.78, 5) is 0. The van der Waals surface area contributed by atoms with Gasteiger partial charge in [-0.3, -0.25) is 0 Å². The lowest BCUT2D eigenvalue weighted by atomic mass is 9.82. The first-order chi connectivity index (χ1) is 9.61. The smallest absolute Gasteiger partial charge is 0.120 e. The maximum absolute atomic E-state index is 10.1. The van der Waals surface area contributed by atoms with Gasteiger partial charge in [-0.2, -0.15) is 0 Å². The lowest BCUT2D eigenvalue weighted by Gasteiger charge is -2.33. The van der Waals surface area contributed by atoms with Crippen LogP contribution in [0, 0.1) is 12.8 Å². The lowest BCUT2D eigenvalue weighted by Crippen LogP contribution is -2.38. The standard InChI is InChI=1S/C18H29NO/c1-4-17(15-8-6-5-7-9-15)19-14(3)16-12-13(2)10-11-18(16)20/h10-12,14-15,17,19-20H,4-9H2,1-3H3. The highest BCUT2D eigenvalue weighted by Gasteiger charge is 2.24. The van der Waals surface area contributed by atoms with E-state index in [9.17, 15) is 5.11 Å². The SMILES string of the molecule is CCC(NC(C)c1cc(C)ccc1O)C1CCCCC1. The van der Waals surface area contributed by atoms with Gasteiger partial charge in [0.1, 0.15) is 5.75 Å². The fourth-order valence-electron chi connectivity index (χ4n) is 3.56. The third kappa shape index (κ3) is 3.76. The van der Waals surface area contributed by atoms with Gasteiger partial charge in [0.25, 0.3) is 0 Å². The molecule has 0 aromatic heterocycles. The first-order valence-electron chi connectivity index (χ1n) is 8.17. The number of benzene rings is 1. The second-order valence-corrected chi connectivity index (χ2v) is 6.36. The number of aryl methyl sites for hydroxylation is 1. The van der Waals surface area contributed by atoms with Crippen LogP contribution < -0.4 is 5.32 Å². The summed E-state index contributed by atoms with van der Waals surface area (Å²) in [5.41, 5.74) is 2.23. The van der Waals surface area contributed by atoms with Crippen molar-refractivity contribution >= 4 is 0 Å². The van der Waals surface area contributed by atoms with E-state index in [0.717, 1.165) is 11.5 Å². The summed E-state index contributed by atoms with van der Waals surface area (Å²) < 4.78 is 0. The Kier molecular flexibility index (Phi) is 5.47. The zero-order chi connectivity index (χ0) is 14.5. The molecule has 112 valence electrons. The van der Waals surface area contributed by atoms with Gasteiger partial charge in [-0.05, 0) is 45.1 Å². The maximum atomic E-state index is 10.1. The van der Waals surface area contributed by atoms with Gasteiger partial charge >= 0.3 is 0 Å². The van der Waals surface area contributed by atoms with E-state index in [-0.39, 0.29) is 6.04 Å². The quantitative estimate of drug-likeness (QED) is 0.815. The Morgan fingerprint density at radius 2 is 1.95 bits per heavy atom. The summed E-state index contributed by atoms with van der Waals surface area (Å²) in [5, 5.41) is 13.8. The number of rotatable bonds is 5. The molecule has 0 aliphatic heterocycles. The van der Waals surface area contributed by atoms with Gasteiger partial charge in [0.15, 0.2) is 0 Å². The Balaban J connectivity index is 2.04. The molecule has 1 aromatic rings. The van der Waals surface area contributed by atoms with Crippen molar-refractivity contribution in [2.75, 3.05) is 0 Å². The molecular formula is C18H29NO. The van der Waals surface area contributed by atoms with Crippen molar-refractivity contribution < 1.29 is 5.11 Å². The van der Waals surface area contributed by atoms with Crippen LogP contribution in [0.4, 0.5) is 0 Å². The van der Waals surface area contributed by atoms with Crippen molar-refractivity contribution in [3.05, 3.63) is 29.3 Å². The summed E-state index contributed by atoms with van der Waals surface area (Å²) in [7, 11) is 0. The molecule has 20 heavy (non-hydrogen) atoms. The molecule has 2 unspecified atom stereocenters. The minimum atomic E-state index is 0.210. The Labute approximate surface area is 123 Å². The molecule has 0 heterocycles. The molecular weight excluding hydrogens is 246 g/mol. The van der Waals surface area contributed by atoms with E-state index in [4.69, 9.17) is 0 Å². The molecule has 0 spiro atoms. The minimum Gasteiger partial charge on any atom is -0.508 e. The summed E-state index contributed by atoms with van der Waals surface area (Å²) >= 11 is 0. The van der Waals surface area contributed by atoms with Gasteiger partial charge in [0, 0.05) is 17.6 Å². The first-order valence-corrected chi connectivity index (χ1v) is 8.17. The van der Waals surface area contributed by atoms with Crippen LogP contribution >= 0.6 is 0 Å². The molecule has 1 aliphatic carbocycles. The van der Waals surface area contributed by atoms with Crippen LogP contribution in [-0.4, -0.2) is 11.1 Å². The van der Waals surface area contributed by atoms with Crippen molar-refractivity contribution in [3.8, 4) is 5.75 Å². The molecule has 1 aliphatic rings. The van der Waals surface area contributed by atoms with Crippen molar-refractivity contribution in [1.82, 2.24) is 5.32 Å². The van der Waals surface area contributed by atoms with Gasteiger partial charge < -0.3 is 10.4 Å². The van der Waals surface area contributed by atoms with Crippen molar-refractivity contribution in [2.45, 2.75) is 71.4 Å². The Hall–Kier alpha value is -1.02. The molecule has 1 fully saturated rings. The molecule has 2 atom stereocenters. The third-order valence-electron chi connectivity index (χ3n) is 4.77. The number of hydrogen-bond donors (Lipinski definition) is 2. The van der Waals surface area contributed by atoms with E-state index in [1.54, 1.807) is 0 Å². The van der Waals surface area contributed by atoms with E-state index < -0.39 is 0 Å². The highest BCUT2D eigenvalue weighted by Crippen LogP contribution is 2.31. The Morgan fingerprint density at radius 3 is 2.60 bits per heavy atom. The van der Waals surface area contributed by atoms with Crippen LogP contribution in [0.1, 0.15) is 69.5 Å². The van der Waals surface area contributed by atoms with E-state index in [0.29, 0.717) is 11.8 Å². The molecule has 0 bridgehead atoms. The summed E-state index contributed by atoms with van der Waals surface area (Å²) in [5.74, 6) is 1.22. The van der Waals surface area contributed by atoms with Gasteiger partial charge in [0.2, 0.25) is 0 Å². The highest BCUT2D eigenvalue weighted by molar-refractivity contribution is 5.37. The third-order valence-corrected chi connectivity index (χ3v) is 4.77. The van der Waals surface area contributed by atoms with Crippen LogP contribution in [0.15, 0.2) is 18.2 Å². The first kappa shape index (κ1) is 15.4. The zero-order valence-corrected chi connectivity index (χ0v) is 13.2. The largest absolute Gasteiger partial charge is 0.508 e. The van der Waals surface area contributed by atoms with E-state index in [1.807, 2.05) is 12.1 Å². The zero-order valence-electron chi connectivity index (χ0n) is 13.2. The normalized spacial score (nSPS) is 19.8. The summed E-state index contributed by atoms with van der Waals surface area (Å²) in [6, 6.07) is 6.65. The number of phenolic OH excluding ortho intramolecular Hbond substituents is 1. The van der Waals surface area contributed by atoms with E-state index in [1.165, 1.54) is 44.1 Å². The van der Waals surface area contributed by atoms with Crippen LogP contribution in [0.25, 0.3) is 0 Å². The second-order valence-electron chi connectivity index (χ2n) is 6.36. The van der Waals surface area contributed by atoms with Crippen LogP contribution in [0.5, 0.6) is 5.75 Å². The molecule has 0 saturated heterocycles. The lowest BCUT2D eigenvalue weighted by molar-refractivity contribution is 0.248. The number of hydrogen-bond acceptors (Lipinski definition) is 2. The van der Waals surface area contributed by atoms with E-state index >= 15 is 0 Å². The predicted octanol–water partition coefficient (Wildman–Crippen LogP) is 4.71. The monoisotopic (exact) mass is 275 g/mol. The Morgan fingerprint density at radius 1 is 1.25 bits per heavy atom. The van der Waals surface area contributed by atoms with Crippen molar-refractivity contribution in [1.29, 1.82) is 0 Å². The summed E-state index contributed by atoms with van der Waals surface area (Å²) in [6.07, 6.45) is 8.05. The average molecular weight is 275 g/mol. The number of aromatic hydroxyl groups is 1. The van der Waals surface area contributed by atoms with Crippen LogP contribution in [0.2, 0.25) is 0 Å². The molecule has 0 amide bonds. The molecule has 1 saturated carbocycles. The molecule has 2 nitrogen and oxygen atoms in total. The topological polar surface area (TPSA) is 32.3 Å². The molecule has 2 heteroatoms. The fourth-order valence-corrected chi connectivity index (χ4v) is 3.56. The van der Waals surface area contributed by atoms with Crippen molar-refractivity contribution in [2.24, 2.45) is 5.92 Å². The second kappa shape index (κ2) is 7.12. The highest BCUT2D eigenvalue weighted by atomic mass is 16.3. The minimum absolute atomic E-state index is 0.210. The molecule has 2 rings (SSSR count). The van der Waals surface area contributed by atoms with Gasteiger partial charge in [-0.25, -0.2) is 0 Å². The van der Waals surface area contributed by atoms with Gasteiger partial charge in [-0.15, -0.1) is 0 Å². The number of nitrogens with one attached hydrogen (secondary N) is 1. The van der Waals surface area contributed by atoms with Gasteiger partial charge in [-0.1, -0.05) is 43.9 Å². The van der Waals surface area contributed by atoms with E-state index in [2.05, 4.69) is 32.2 Å². The van der Waals surface area contributed by atoms with Crippen LogP contribution in [0.3, 0.4) is 0 Å². The molecule has 0 radical (unpaired) electrons. The fraction of sp³-hybridized carbons (Fsp3) is 0.667. The van der Waals surface area contributed by atoms with Crippen LogP contribution in [-0.2, 0) is 0 Å².